The molecule has 0 N–H and O–H groups in total. The first-order valence-corrected chi connectivity index (χ1v) is 12.5. The van der Waals surface area contributed by atoms with Crippen molar-refractivity contribution in [2.24, 2.45) is 0 Å². The quantitative estimate of drug-likeness (QED) is 0.465. The molecule has 0 aliphatic heterocycles. The zero-order chi connectivity index (χ0) is 23.4. The number of thiazole rings is 1. The molecule has 2 heterocycles. The lowest BCUT2D eigenvalue weighted by Gasteiger charge is -2.33. The van der Waals surface area contributed by atoms with E-state index in [0.29, 0.717) is 11.7 Å². The van der Waals surface area contributed by atoms with Crippen molar-refractivity contribution in [3.63, 3.8) is 0 Å². The normalized spacial score (nSPS) is 15.5. The highest BCUT2D eigenvalue weighted by atomic mass is 32.1. The predicted molar refractivity (Wildman–Crippen MR) is 129 cm³/mol. The number of esters is 1. The Morgan fingerprint density at radius 3 is 2.52 bits per heavy atom. The summed E-state index contributed by atoms with van der Waals surface area (Å²) in [5.74, 6) is -0.747. The Morgan fingerprint density at radius 1 is 1.18 bits per heavy atom. The van der Waals surface area contributed by atoms with Crippen LogP contribution < -0.4 is 10.6 Å². The van der Waals surface area contributed by atoms with E-state index >= 15 is 0 Å². The number of aromatic nitrogens is 3. The topological polar surface area (TPSA) is 86.4 Å². The van der Waals surface area contributed by atoms with Crippen molar-refractivity contribution in [3.05, 3.63) is 46.3 Å². The monoisotopic (exact) mass is 470 g/mol. The van der Waals surface area contributed by atoms with Gasteiger partial charge in [0.05, 0.1) is 17.5 Å². The van der Waals surface area contributed by atoms with E-state index < -0.39 is 12.1 Å². The van der Waals surface area contributed by atoms with Gasteiger partial charge in [-0.2, -0.15) is 0 Å². The van der Waals surface area contributed by atoms with Crippen LogP contribution in [0.1, 0.15) is 52.4 Å². The number of nitrogens with zero attached hydrogens (tertiary/aromatic N) is 4. The fourth-order valence-electron chi connectivity index (χ4n) is 4.60. The van der Waals surface area contributed by atoms with Crippen LogP contribution in [0.5, 0.6) is 0 Å². The highest BCUT2D eigenvalue weighted by Gasteiger charge is 2.33. The van der Waals surface area contributed by atoms with Gasteiger partial charge in [0.15, 0.2) is 11.2 Å². The third kappa shape index (κ3) is 4.88. The largest absolute Gasteiger partial charge is 0.452 e. The van der Waals surface area contributed by atoms with E-state index in [4.69, 9.17) is 4.74 Å². The van der Waals surface area contributed by atoms with Crippen LogP contribution in [0.2, 0.25) is 0 Å². The lowest BCUT2D eigenvalue weighted by molar-refractivity contribution is -0.154. The van der Waals surface area contributed by atoms with Crippen molar-refractivity contribution < 1.29 is 14.3 Å². The van der Waals surface area contributed by atoms with E-state index in [0.717, 1.165) is 36.7 Å². The minimum Gasteiger partial charge on any atom is -0.452 e. The smallest absolute Gasteiger partial charge is 0.329 e. The number of rotatable bonds is 8. The summed E-state index contributed by atoms with van der Waals surface area (Å²) in [5.41, 5.74) is 1.48. The number of carbonyl (C=O) groups is 2. The zero-order valence-electron chi connectivity index (χ0n) is 19.1. The van der Waals surface area contributed by atoms with E-state index in [1.165, 1.54) is 17.8 Å². The van der Waals surface area contributed by atoms with Crippen molar-refractivity contribution in [2.45, 2.75) is 77.6 Å². The van der Waals surface area contributed by atoms with Gasteiger partial charge < -0.3 is 4.74 Å². The van der Waals surface area contributed by atoms with Crippen LogP contribution in [0.25, 0.3) is 11.0 Å². The number of aryl methyl sites for hydroxylation is 2. The summed E-state index contributed by atoms with van der Waals surface area (Å²) < 4.78 is 8.79. The average Bonchev–Trinajstić information content (AvgIpc) is 3.44. The van der Waals surface area contributed by atoms with Gasteiger partial charge in [-0.25, -0.2) is 9.78 Å². The summed E-state index contributed by atoms with van der Waals surface area (Å²) in [7, 11) is 0. The first-order chi connectivity index (χ1) is 16.0. The third-order valence-electron chi connectivity index (χ3n) is 6.24. The fourth-order valence-corrected chi connectivity index (χ4v) is 5.32. The summed E-state index contributed by atoms with van der Waals surface area (Å²) >= 11 is 1.42. The van der Waals surface area contributed by atoms with Crippen LogP contribution in [-0.4, -0.2) is 38.1 Å². The second-order valence-electron chi connectivity index (χ2n) is 8.36. The van der Waals surface area contributed by atoms with Crippen LogP contribution >= 0.6 is 11.3 Å². The highest BCUT2D eigenvalue weighted by Crippen LogP contribution is 2.29. The molecule has 2 aromatic heterocycles. The molecule has 8 nitrogen and oxygen atoms in total. The second-order valence-corrected chi connectivity index (χ2v) is 9.24. The molecule has 1 saturated carbocycles. The Bertz CT molecular complexity index is 1160. The van der Waals surface area contributed by atoms with Crippen molar-refractivity contribution in [3.8, 4) is 0 Å². The molecule has 176 valence electrons. The summed E-state index contributed by atoms with van der Waals surface area (Å²) in [6, 6.07) is 7.61. The molecule has 1 aliphatic carbocycles. The lowest BCUT2D eigenvalue weighted by Crippen LogP contribution is -2.47. The molecule has 1 amide bonds. The summed E-state index contributed by atoms with van der Waals surface area (Å²) in [5, 5.41) is 2.49. The molecule has 33 heavy (non-hydrogen) atoms. The number of imidazole rings is 1. The summed E-state index contributed by atoms with van der Waals surface area (Å²) in [6.45, 7) is 4.28. The molecule has 0 unspecified atom stereocenters. The van der Waals surface area contributed by atoms with Gasteiger partial charge in [-0.15, -0.1) is 11.3 Å². The predicted octanol–water partition coefficient (Wildman–Crippen LogP) is 3.97. The molecule has 0 radical (unpaired) electrons. The first kappa shape index (κ1) is 23.2. The van der Waals surface area contributed by atoms with Crippen LogP contribution in [0.3, 0.4) is 0 Å². The molecule has 4 rings (SSSR count). The molecular formula is C24H30N4O4S. The number of para-hydroxylation sites is 2. The minimum atomic E-state index is -0.919. The molecule has 9 heteroatoms. The Labute approximate surface area is 196 Å². The SMILES string of the molecule is CCn1c(=O)n(CCC(=O)O[C@@H](C)C(=O)N(c2nccs2)C2CCCCC2)c2ccccc21. The maximum absolute atomic E-state index is 13.3. The molecule has 1 aromatic carbocycles. The first-order valence-electron chi connectivity index (χ1n) is 11.6. The van der Waals surface area contributed by atoms with Crippen LogP contribution in [-0.2, 0) is 27.4 Å². The van der Waals surface area contributed by atoms with E-state index in [1.807, 2.05) is 36.6 Å². The molecule has 1 aliphatic rings. The van der Waals surface area contributed by atoms with E-state index in [1.54, 1.807) is 27.2 Å². The second kappa shape index (κ2) is 10.3. The molecule has 0 spiro atoms. The van der Waals surface area contributed by atoms with Gasteiger partial charge in [0.2, 0.25) is 0 Å². The summed E-state index contributed by atoms with van der Waals surface area (Å²) in [4.78, 5) is 44.7. The van der Waals surface area contributed by atoms with Crippen LogP contribution in [0, 0.1) is 0 Å². The van der Waals surface area contributed by atoms with Crippen molar-refractivity contribution in [1.82, 2.24) is 14.1 Å². The molecule has 3 aromatic rings. The number of fused-ring (bicyclic) bond motifs is 1. The van der Waals surface area contributed by atoms with Gasteiger partial charge in [-0.3, -0.25) is 23.6 Å². The molecule has 0 saturated heterocycles. The molecule has 1 fully saturated rings. The van der Waals surface area contributed by atoms with Crippen molar-refractivity contribution >= 4 is 39.4 Å². The number of ether oxygens (including phenoxy) is 1. The zero-order valence-corrected chi connectivity index (χ0v) is 19.9. The standard InChI is InChI=1S/C24H30N4O4S/c1-3-26-19-11-7-8-12-20(19)27(24(26)31)15-13-21(29)32-17(2)22(30)28(23-25-14-16-33-23)18-9-5-4-6-10-18/h7-8,11-12,14,16-18H,3-6,9-10,13,15H2,1-2H3/t17-/m0/s1. The number of hydrogen-bond donors (Lipinski definition) is 0. The minimum absolute atomic E-state index is 0.00985. The Balaban J connectivity index is 1.43. The van der Waals surface area contributed by atoms with Crippen molar-refractivity contribution in [1.29, 1.82) is 0 Å². The van der Waals surface area contributed by atoms with E-state index in [2.05, 4.69) is 4.98 Å². The van der Waals surface area contributed by atoms with Gasteiger partial charge in [-0.1, -0.05) is 31.4 Å². The molecule has 1 atom stereocenters. The third-order valence-corrected chi connectivity index (χ3v) is 7.01. The number of benzene rings is 1. The van der Waals surface area contributed by atoms with Crippen molar-refractivity contribution in [2.75, 3.05) is 4.90 Å². The molecule has 0 bridgehead atoms. The Kier molecular flexibility index (Phi) is 7.27. The van der Waals surface area contributed by atoms with Crippen LogP contribution in [0.15, 0.2) is 40.6 Å². The number of amides is 1. The maximum atomic E-state index is 13.3. The summed E-state index contributed by atoms with van der Waals surface area (Å²) in [6.07, 6.45) is 5.96. The number of carbonyl (C=O) groups excluding carboxylic acids is 2. The fraction of sp³-hybridized carbons (Fsp3) is 0.500. The Morgan fingerprint density at radius 2 is 1.88 bits per heavy atom. The highest BCUT2D eigenvalue weighted by molar-refractivity contribution is 7.13. The average molecular weight is 471 g/mol. The van der Waals surface area contributed by atoms with E-state index in [-0.39, 0.29) is 30.6 Å². The van der Waals surface area contributed by atoms with Gasteiger partial charge in [0.25, 0.3) is 5.91 Å². The number of anilines is 1. The maximum Gasteiger partial charge on any atom is 0.329 e. The van der Waals surface area contributed by atoms with Gasteiger partial charge in [0.1, 0.15) is 0 Å². The molecular weight excluding hydrogens is 440 g/mol. The lowest BCUT2D eigenvalue weighted by atomic mass is 9.94. The van der Waals surface area contributed by atoms with Gasteiger partial charge >= 0.3 is 11.7 Å². The van der Waals surface area contributed by atoms with Gasteiger partial charge in [-0.05, 0) is 38.8 Å². The van der Waals surface area contributed by atoms with Crippen LogP contribution in [0.4, 0.5) is 5.13 Å². The van der Waals surface area contributed by atoms with E-state index in [9.17, 15) is 14.4 Å². The Hall–Kier alpha value is -2.94. The number of hydrogen-bond acceptors (Lipinski definition) is 6. The van der Waals surface area contributed by atoms with Gasteiger partial charge in [0, 0.05) is 30.7 Å².